The topological polar surface area (TPSA) is 79.3 Å². The molecule has 0 aromatic carbocycles. The van der Waals surface area contributed by atoms with Crippen LogP contribution < -0.4 is 5.32 Å². The van der Waals surface area contributed by atoms with Gasteiger partial charge in [-0.25, -0.2) is 9.78 Å². The van der Waals surface area contributed by atoms with E-state index in [-0.39, 0.29) is 16.6 Å². The van der Waals surface area contributed by atoms with E-state index in [2.05, 4.69) is 10.3 Å². The summed E-state index contributed by atoms with van der Waals surface area (Å²) in [6.07, 6.45) is 6.30. The van der Waals surface area contributed by atoms with Gasteiger partial charge in [0.2, 0.25) is 0 Å². The minimum absolute atomic E-state index is 0.0133. The van der Waals surface area contributed by atoms with Crippen molar-refractivity contribution in [2.45, 2.75) is 38.1 Å². The van der Waals surface area contributed by atoms with Crippen molar-refractivity contribution in [1.29, 1.82) is 0 Å². The van der Waals surface area contributed by atoms with E-state index < -0.39 is 17.9 Å². The Hall–Kier alpha value is -1.62. The molecule has 0 radical (unpaired) electrons. The fraction of sp³-hybridized carbons (Fsp3) is 0.500. The molecule has 0 spiro atoms. The number of carbonyl (C=O) groups excluding carboxylic acids is 1. The van der Waals surface area contributed by atoms with Gasteiger partial charge in [0.25, 0.3) is 5.91 Å². The first kappa shape index (κ1) is 14.8. The summed E-state index contributed by atoms with van der Waals surface area (Å²) >= 11 is 5.85. The van der Waals surface area contributed by atoms with Crippen LogP contribution in [0.5, 0.6) is 0 Å². The van der Waals surface area contributed by atoms with Gasteiger partial charge in [0.15, 0.2) is 0 Å². The van der Waals surface area contributed by atoms with Crippen molar-refractivity contribution in [3.63, 3.8) is 0 Å². The van der Waals surface area contributed by atoms with Crippen LogP contribution in [0.15, 0.2) is 18.3 Å². The van der Waals surface area contributed by atoms with Gasteiger partial charge in [-0.05, 0) is 30.9 Å². The highest BCUT2D eigenvalue weighted by Gasteiger charge is 2.31. The molecule has 1 aromatic rings. The van der Waals surface area contributed by atoms with Gasteiger partial charge in [0.1, 0.15) is 11.2 Å². The summed E-state index contributed by atoms with van der Waals surface area (Å²) in [5.74, 6) is -1.49. The molecule has 2 N–H and O–H groups in total. The van der Waals surface area contributed by atoms with Crippen molar-refractivity contribution in [1.82, 2.24) is 10.3 Å². The molecule has 1 atom stereocenters. The Bertz CT molecular complexity index is 501. The zero-order chi connectivity index (χ0) is 14.5. The Morgan fingerprint density at radius 3 is 2.65 bits per heavy atom. The lowest BCUT2D eigenvalue weighted by atomic mass is 9.84. The lowest BCUT2D eigenvalue weighted by Gasteiger charge is -2.28. The fourth-order valence-corrected chi connectivity index (χ4v) is 2.83. The first-order chi connectivity index (χ1) is 9.59. The van der Waals surface area contributed by atoms with Crippen LogP contribution in [0.25, 0.3) is 0 Å². The smallest absolute Gasteiger partial charge is 0.326 e. The van der Waals surface area contributed by atoms with Gasteiger partial charge in [-0.3, -0.25) is 4.79 Å². The summed E-state index contributed by atoms with van der Waals surface area (Å²) in [6, 6.07) is 2.26. The number of carboxylic acids is 1. The third kappa shape index (κ3) is 3.48. The average Bonchev–Trinajstić information content (AvgIpc) is 2.45. The van der Waals surface area contributed by atoms with Gasteiger partial charge in [-0.1, -0.05) is 30.9 Å². The first-order valence-corrected chi connectivity index (χ1v) is 7.11. The van der Waals surface area contributed by atoms with Crippen LogP contribution in [0.4, 0.5) is 0 Å². The summed E-state index contributed by atoms with van der Waals surface area (Å²) in [5, 5.41) is 12.0. The molecular formula is C14H17ClN2O3. The van der Waals surface area contributed by atoms with Crippen LogP contribution in [0.3, 0.4) is 0 Å². The molecule has 1 saturated carbocycles. The first-order valence-electron chi connectivity index (χ1n) is 6.74. The number of nitrogens with zero attached hydrogens (tertiary/aromatic N) is 1. The number of hydrogen-bond donors (Lipinski definition) is 2. The van der Waals surface area contributed by atoms with Gasteiger partial charge in [0.05, 0.1) is 5.56 Å². The highest BCUT2D eigenvalue weighted by Crippen LogP contribution is 2.27. The molecule has 20 heavy (non-hydrogen) atoms. The number of halogens is 1. The average molecular weight is 297 g/mol. The van der Waals surface area contributed by atoms with Crippen molar-refractivity contribution in [3.8, 4) is 0 Å². The minimum atomic E-state index is -0.995. The van der Waals surface area contributed by atoms with E-state index in [4.69, 9.17) is 11.6 Å². The monoisotopic (exact) mass is 296 g/mol. The number of aromatic nitrogens is 1. The molecule has 1 aromatic heterocycles. The van der Waals surface area contributed by atoms with E-state index in [9.17, 15) is 14.7 Å². The molecule has 108 valence electrons. The van der Waals surface area contributed by atoms with E-state index in [0.29, 0.717) is 0 Å². The van der Waals surface area contributed by atoms with E-state index in [1.165, 1.54) is 12.3 Å². The summed E-state index contributed by atoms with van der Waals surface area (Å²) in [7, 11) is 0. The maximum absolute atomic E-state index is 12.1. The second-order valence-electron chi connectivity index (χ2n) is 5.03. The molecule has 0 aliphatic heterocycles. The molecular weight excluding hydrogens is 280 g/mol. The van der Waals surface area contributed by atoms with Crippen LogP contribution >= 0.6 is 11.6 Å². The zero-order valence-electron chi connectivity index (χ0n) is 11.0. The van der Waals surface area contributed by atoms with Crippen LogP contribution in [-0.4, -0.2) is 28.0 Å². The third-order valence-electron chi connectivity index (χ3n) is 3.68. The Labute approximate surface area is 122 Å². The van der Waals surface area contributed by atoms with Crippen molar-refractivity contribution in [3.05, 3.63) is 29.0 Å². The fourth-order valence-electron chi connectivity index (χ4n) is 2.62. The molecule has 6 heteroatoms. The maximum atomic E-state index is 12.1. The minimum Gasteiger partial charge on any atom is -0.480 e. The Balaban J connectivity index is 2.10. The van der Waals surface area contributed by atoms with Crippen molar-refractivity contribution in [2.75, 3.05) is 0 Å². The SMILES string of the molecule is O=C(NC(C(=O)O)C1CCCCC1)c1cccnc1Cl. The molecule has 0 saturated heterocycles. The van der Waals surface area contributed by atoms with Crippen LogP contribution in [0, 0.1) is 5.92 Å². The molecule has 1 fully saturated rings. The Kier molecular flexibility index (Phi) is 4.95. The third-order valence-corrected chi connectivity index (χ3v) is 3.98. The quantitative estimate of drug-likeness (QED) is 0.837. The second-order valence-corrected chi connectivity index (χ2v) is 5.39. The standard InChI is InChI=1S/C14H17ClN2O3/c15-12-10(7-4-8-16-12)13(18)17-11(14(19)20)9-5-2-1-3-6-9/h4,7-9,11H,1-3,5-6H2,(H,17,18)(H,19,20). The lowest BCUT2D eigenvalue weighted by molar-refractivity contribution is -0.141. The van der Waals surface area contributed by atoms with Crippen molar-refractivity contribution >= 4 is 23.5 Å². The summed E-state index contributed by atoms with van der Waals surface area (Å²) in [5.41, 5.74) is 0.205. The van der Waals surface area contributed by atoms with E-state index >= 15 is 0 Å². The van der Waals surface area contributed by atoms with E-state index in [0.717, 1.165) is 32.1 Å². The zero-order valence-corrected chi connectivity index (χ0v) is 11.8. The molecule has 1 amide bonds. The molecule has 1 unspecified atom stereocenters. The number of aliphatic carboxylic acids is 1. The van der Waals surface area contributed by atoms with Gasteiger partial charge in [-0.15, -0.1) is 0 Å². The van der Waals surface area contributed by atoms with Gasteiger partial charge in [0, 0.05) is 6.20 Å². The molecule has 2 rings (SSSR count). The van der Waals surface area contributed by atoms with E-state index in [1.807, 2.05) is 0 Å². The number of rotatable bonds is 4. The van der Waals surface area contributed by atoms with Gasteiger partial charge in [-0.2, -0.15) is 0 Å². The second kappa shape index (κ2) is 6.70. The van der Waals surface area contributed by atoms with Crippen molar-refractivity contribution < 1.29 is 14.7 Å². The number of nitrogens with one attached hydrogen (secondary N) is 1. The predicted molar refractivity (Wildman–Crippen MR) is 74.7 cm³/mol. The number of carboxylic acid groups (broad SMARTS) is 1. The van der Waals surface area contributed by atoms with Crippen LogP contribution in [-0.2, 0) is 4.79 Å². The summed E-state index contributed by atoms with van der Waals surface area (Å²) < 4.78 is 0. The Morgan fingerprint density at radius 2 is 2.05 bits per heavy atom. The Morgan fingerprint density at radius 1 is 1.35 bits per heavy atom. The molecule has 0 bridgehead atoms. The number of pyridine rings is 1. The number of carbonyl (C=O) groups is 2. The van der Waals surface area contributed by atoms with E-state index in [1.54, 1.807) is 6.07 Å². The van der Waals surface area contributed by atoms with Gasteiger partial charge < -0.3 is 10.4 Å². The van der Waals surface area contributed by atoms with Crippen molar-refractivity contribution in [2.24, 2.45) is 5.92 Å². The van der Waals surface area contributed by atoms with Crippen LogP contribution in [0.2, 0.25) is 5.15 Å². The molecule has 1 aliphatic carbocycles. The highest BCUT2D eigenvalue weighted by atomic mass is 35.5. The predicted octanol–water partition coefficient (Wildman–Crippen LogP) is 2.50. The summed E-state index contributed by atoms with van der Waals surface area (Å²) in [4.78, 5) is 27.3. The molecule has 5 nitrogen and oxygen atoms in total. The maximum Gasteiger partial charge on any atom is 0.326 e. The van der Waals surface area contributed by atoms with Crippen LogP contribution in [0.1, 0.15) is 42.5 Å². The number of hydrogen-bond acceptors (Lipinski definition) is 3. The molecule has 1 aliphatic rings. The molecule has 1 heterocycles. The highest BCUT2D eigenvalue weighted by molar-refractivity contribution is 6.32. The summed E-state index contributed by atoms with van der Waals surface area (Å²) in [6.45, 7) is 0. The number of amides is 1. The van der Waals surface area contributed by atoms with Gasteiger partial charge >= 0.3 is 5.97 Å². The lowest BCUT2D eigenvalue weighted by Crippen LogP contribution is -2.46. The largest absolute Gasteiger partial charge is 0.480 e. The normalized spacial score (nSPS) is 17.4.